The summed E-state index contributed by atoms with van der Waals surface area (Å²) in [5.41, 5.74) is 11.8. The van der Waals surface area contributed by atoms with Gasteiger partial charge in [0.25, 0.3) is 0 Å². The van der Waals surface area contributed by atoms with Crippen molar-refractivity contribution < 1.29 is 4.74 Å². The molecule has 0 radical (unpaired) electrons. The lowest BCUT2D eigenvalue weighted by Crippen LogP contribution is -2.32. The summed E-state index contributed by atoms with van der Waals surface area (Å²) >= 11 is 0. The van der Waals surface area contributed by atoms with Crippen molar-refractivity contribution in [2.45, 2.75) is 5.41 Å². The summed E-state index contributed by atoms with van der Waals surface area (Å²) in [5, 5.41) is 9.65. The van der Waals surface area contributed by atoms with Gasteiger partial charge in [-0.25, -0.2) is 0 Å². The molecule has 0 amide bonds. The largest absolute Gasteiger partial charge is 0.457 e. The predicted octanol–water partition coefficient (Wildman–Crippen LogP) is 9.36. The fourth-order valence-electron chi connectivity index (χ4n) is 6.74. The van der Waals surface area contributed by atoms with Crippen molar-refractivity contribution in [2.24, 2.45) is 0 Å². The molecular formula is C38H23NO. The molecule has 1 heterocycles. The van der Waals surface area contributed by atoms with Crippen molar-refractivity contribution in [3.63, 3.8) is 0 Å². The van der Waals surface area contributed by atoms with Crippen LogP contribution in [-0.4, -0.2) is 0 Å². The average molecular weight is 510 g/mol. The summed E-state index contributed by atoms with van der Waals surface area (Å²) in [6.07, 6.45) is 0. The average Bonchev–Trinajstić information content (AvgIpc) is 3.32. The lowest BCUT2D eigenvalue weighted by molar-refractivity contribution is 0.436. The Balaban J connectivity index is 1.35. The van der Waals surface area contributed by atoms with E-state index in [2.05, 4.69) is 115 Å². The van der Waals surface area contributed by atoms with Crippen LogP contribution in [0.4, 0.5) is 0 Å². The van der Waals surface area contributed by atoms with Gasteiger partial charge >= 0.3 is 0 Å². The maximum absolute atomic E-state index is 9.65. The molecule has 2 aliphatic rings. The Morgan fingerprint density at radius 3 is 1.77 bits per heavy atom. The van der Waals surface area contributed by atoms with Crippen molar-refractivity contribution >= 4 is 0 Å². The minimum absolute atomic E-state index is 0.455. The van der Waals surface area contributed by atoms with Gasteiger partial charge in [-0.2, -0.15) is 5.26 Å². The van der Waals surface area contributed by atoms with Crippen molar-refractivity contribution in [3.05, 3.63) is 167 Å². The Bertz CT molecular complexity index is 1970. The maximum atomic E-state index is 9.65. The number of hydrogen-bond donors (Lipinski definition) is 0. The monoisotopic (exact) mass is 509 g/mol. The number of hydrogen-bond acceptors (Lipinski definition) is 2. The minimum atomic E-state index is -0.455. The summed E-state index contributed by atoms with van der Waals surface area (Å²) < 4.78 is 6.66. The summed E-state index contributed by atoms with van der Waals surface area (Å²) in [4.78, 5) is 0. The lowest BCUT2D eigenvalue weighted by atomic mass is 9.66. The molecule has 186 valence electrons. The third-order valence-electron chi connectivity index (χ3n) is 8.40. The van der Waals surface area contributed by atoms with E-state index in [1.165, 1.54) is 27.8 Å². The first-order chi connectivity index (χ1) is 19.8. The number of nitrogens with zero attached hydrogens (tertiary/aromatic N) is 1. The summed E-state index contributed by atoms with van der Waals surface area (Å²) in [6, 6.07) is 51.1. The number of benzene rings is 6. The molecule has 1 aliphatic carbocycles. The van der Waals surface area contributed by atoms with Gasteiger partial charge in [0.2, 0.25) is 0 Å². The highest BCUT2D eigenvalue weighted by Crippen LogP contribution is 2.62. The molecule has 0 bridgehead atoms. The van der Waals surface area contributed by atoms with Crippen LogP contribution in [0.3, 0.4) is 0 Å². The Morgan fingerprint density at radius 1 is 0.450 bits per heavy atom. The van der Waals surface area contributed by atoms with Crippen molar-refractivity contribution in [1.82, 2.24) is 0 Å². The number of nitriles is 1. The fraction of sp³-hybridized carbons (Fsp3) is 0.0263. The van der Waals surface area contributed by atoms with Crippen LogP contribution in [0.1, 0.15) is 27.8 Å². The third kappa shape index (κ3) is 3.04. The summed E-state index contributed by atoms with van der Waals surface area (Å²) in [5.74, 6) is 1.75. The van der Waals surface area contributed by atoms with Gasteiger partial charge < -0.3 is 4.74 Å². The van der Waals surface area contributed by atoms with Crippen LogP contribution in [0.5, 0.6) is 11.5 Å². The number of fused-ring (bicyclic) bond motifs is 9. The molecule has 0 saturated carbocycles. The molecule has 0 N–H and O–H groups in total. The van der Waals surface area contributed by atoms with Crippen LogP contribution in [0.15, 0.2) is 140 Å². The SMILES string of the molecule is N#Cc1ccccc1-c1cccc(-c2ccc3c(c2)Oc2ccccc2C32c3ccccc3-c3ccccc32)c1. The van der Waals surface area contributed by atoms with E-state index < -0.39 is 5.41 Å². The maximum Gasteiger partial charge on any atom is 0.132 e. The molecule has 1 spiro atoms. The van der Waals surface area contributed by atoms with Gasteiger partial charge in [0, 0.05) is 11.1 Å². The van der Waals surface area contributed by atoms with Crippen molar-refractivity contribution in [3.8, 4) is 50.9 Å². The van der Waals surface area contributed by atoms with Crippen molar-refractivity contribution in [2.75, 3.05) is 0 Å². The quantitative estimate of drug-likeness (QED) is 0.233. The molecule has 0 saturated heterocycles. The van der Waals surface area contributed by atoms with E-state index in [1.807, 2.05) is 30.3 Å². The highest BCUT2D eigenvalue weighted by atomic mass is 16.5. The van der Waals surface area contributed by atoms with E-state index in [0.717, 1.165) is 39.3 Å². The lowest BCUT2D eigenvalue weighted by Gasteiger charge is -2.39. The molecule has 6 aromatic carbocycles. The van der Waals surface area contributed by atoms with Gasteiger partial charge in [0.15, 0.2) is 0 Å². The van der Waals surface area contributed by atoms with E-state index in [9.17, 15) is 5.26 Å². The first-order valence-corrected chi connectivity index (χ1v) is 13.5. The second kappa shape index (κ2) is 8.56. The van der Waals surface area contributed by atoms with Gasteiger partial charge in [-0.3, -0.25) is 0 Å². The van der Waals surface area contributed by atoms with E-state index in [4.69, 9.17) is 4.74 Å². The van der Waals surface area contributed by atoms with Crippen LogP contribution in [0, 0.1) is 11.3 Å². The summed E-state index contributed by atoms with van der Waals surface area (Å²) in [7, 11) is 0. The number of ether oxygens (including phenoxy) is 1. The normalized spacial score (nSPS) is 13.4. The first kappa shape index (κ1) is 22.6. The molecule has 6 aromatic rings. The zero-order valence-electron chi connectivity index (χ0n) is 21.6. The fourth-order valence-corrected chi connectivity index (χ4v) is 6.74. The topological polar surface area (TPSA) is 33.0 Å². The molecule has 40 heavy (non-hydrogen) atoms. The van der Waals surface area contributed by atoms with Gasteiger partial charge in [0.1, 0.15) is 11.5 Å². The Hall–Kier alpha value is -5.39. The van der Waals surface area contributed by atoms with Gasteiger partial charge in [-0.1, -0.05) is 115 Å². The van der Waals surface area contributed by atoms with Gasteiger partial charge in [-0.15, -0.1) is 0 Å². The number of rotatable bonds is 2. The predicted molar refractivity (Wildman–Crippen MR) is 159 cm³/mol. The Morgan fingerprint density at radius 2 is 1.02 bits per heavy atom. The van der Waals surface area contributed by atoms with E-state index in [-0.39, 0.29) is 0 Å². The summed E-state index contributed by atoms with van der Waals surface area (Å²) in [6.45, 7) is 0. The van der Waals surface area contributed by atoms with E-state index in [1.54, 1.807) is 0 Å². The minimum Gasteiger partial charge on any atom is -0.457 e. The first-order valence-electron chi connectivity index (χ1n) is 13.5. The molecule has 0 fully saturated rings. The highest BCUT2D eigenvalue weighted by molar-refractivity contribution is 5.89. The van der Waals surface area contributed by atoms with Crippen LogP contribution >= 0.6 is 0 Å². The van der Waals surface area contributed by atoms with Crippen LogP contribution < -0.4 is 4.74 Å². The van der Waals surface area contributed by atoms with E-state index in [0.29, 0.717) is 5.56 Å². The van der Waals surface area contributed by atoms with Crippen molar-refractivity contribution in [1.29, 1.82) is 5.26 Å². The molecule has 8 rings (SSSR count). The highest BCUT2D eigenvalue weighted by Gasteiger charge is 2.50. The third-order valence-corrected chi connectivity index (χ3v) is 8.40. The van der Waals surface area contributed by atoms with Gasteiger partial charge in [0.05, 0.1) is 17.0 Å². The zero-order valence-corrected chi connectivity index (χ0v) is 21.6. The molecule has 0 atom stereocenters. The second-order valence-electron chi connectivity index (χ2n) is 10.4. The van der Waals surface area contributed by atoms with Gasteiger partial charge in [-0.05, 0) is 68.8 Å². The van der Waals surface area contributed by atoms with E-state index >= 15 is 0 Å². The van der Waals surface area contributed by atoms with Crippen LogP contribution in [0.25, 0.3) is 33.4 Å². The molecule has 1 aliphatic heterocycles. The molecule has 0 unspecified atom stereocenters. The molecule has 0 aromatic heterocycles. The molecular weight excluding hydrogens is 486 g/mol. The molecule has 2 nitrogen and oxygen atoms in total. The van der Waals surface area contributed by atoms with Crippen LogP contribution in [0.2, 0.25) is 0 Å². The molecule has 2 heteroatoms. The Kier molecular flexibility index (Phi) is 4.83. The van der Waals surface area contributed by atoms with Crippen LogP contribution in [-0.2, 0) is 5.41 Å². The second-order valence-corrected chi connectivity index (χ2v) is 10.4. The Labute approximate surface area is 233 Å². The standard InChI is InChI=1S/C38H23NO/c39-24-28-10-1-2-13-29(28)27-12-9-11-25(22-27)26-20-21-35-37(23-26)40-36-19-8-7-18-34(36)38(35)32-16-5-3-14-30(32)31-15-4-6-17-33(31)38/h1-23H. The number of para-hydroxylation sites is 1. The smallest absolute Gasteiger partial charge is 0.132 e. The zero-order chi connectivity index (χ0) is 26.7.